The van der Waals surface area contributed by atoms with Crippen molar-refractivity contribution in [2.75, 3.05) is 58.0 Å². The summed E-state index contributed by atoms with van der Waals surface area (Å²) in [7, 11) is 1.00. The molecule has 2 heterocycles. The molecule has 2 aliphatic heterocycles. The number of carbonyl (C=O) groups is 1. The number of nitrogens with two attached hydrogens (primary N) is 2. The van der Waals surface area contributed by atoms with Gasteiger partial charge in [0.25, 0.3) is 5.91 Å². The van der Waals surface area contributed by atoms with Crippen LogP contribution in [0.1, 0.15) is 18.4 Å². The number of morpholine rings is 1. The molecule has 0 aromatic heterocycles. The molecule has 2 fully saturated rings. The highest BCUT2D eigenvalue weighted by Crippen LogP contribution is 2.25. The van der Waals surface area contributed by atoms with E-state index >= 15 is 0 Å². The molecule has 11 heteroatoms. The van der Waals surface area contributed by atoms with E-state index in [1.165, 1.54) is 11.2 Å². The van der Waals surface area contributed by atoms with Gasteiger partial charge in [-0.05, 0) is 47.0 Å². The number of hydrazine groups is 1. The van der Waals surface area contributed by atoms with Crippen LogP contribution < -0.4 is 21.8 Å². The van der Waals surface area contributed by atoms with Crippen molar-refractivity contribution >= 4 is 28.4 Å². The molecule has 210 valence electrons. The summed E-state index contributed by atoms with van der Waals surface area (Å²) in [5, 5.41) is 32.5. The Hall–Kier alpha value is -3.66. The van der Waals surface area contributed by atoms with E-state index in [-0.39, 0.29) is 24.3 Å². The second-order valence-corrected chi connectivity index (χ2v) is 9.31. The Morgan fingerprint density at radius 2 is 1.92 bits per heavy atom. The minimum absolute atomic E-state index is 0.0220. The van der Waals surface area contributed by atoms with Gasteiger partial charge in [-0.3, -0.25) is 4.79 Å². The van der Waals surface area contributed by atoms with Crippen molar-refractivity contribution in [1.82, 2.24) is 10.3 Å². The molecule has 2 unspecified atom stereocenters. The predicted octanol–water partition coefficient (Wildman–Crippen LogP) is 0.824. The van der Waals surface area contributed by atoms with Crippen LogP contribution >= 0.6 is 0 Å². The lowest BCUT2D eigenvalue weighted by molar-refractivity contribution is -0.116. The molecule has 11 nitrogen and oxygen atoms in total. The highest BCUT2D eigenvalue weighted by molar-refractivity contribution is 6.02. The van der Waals surface area contributed by atoms with Crippen LogP contribution in [0.2, 0.25) is 0 Å². The summed E-state index contributed by atoms with van der Waals surface area (Å²) >= 11 is 0. The van der Waals surface area contributed by atoms with Crippen molar-refractivity contribution in [3.63, 3.8) is 0 Å². The summed E-state index contributed by atoms with van der Waals surface area (Å²) in [6.07, 6.45) is 3.63. The normalized spacial score (nSPS) is 20.0. The number of ether oxygens (including phenoxy) is 2. The molecule has 0 radical (unpaired) electrons. The number of amides is 1. The molecule has 7 N–H and O–H groups in total. The summed E-state index contributed by atoms with van der Waals surface area (Å²) in [5.74, 6) is 5.45. The van der Waals surface area contributed by atoms with Gasteiger partial charge in [-0.1, -0.05) is 18.2 Å². The van der Waals surface area contributed by atoms with Gasteiger partial charge in [-0.15, -0.1) is 0 Å². The molecule has 2 aliphatic rings. The van der Waals surface area contributed by atoms with Gasteiger partial charge < -0.3 is 40.6 Å². The average Bonchev–Trinajstić information content (AvgIpc) is 2.95. The Morgan fingerprint density at radius 3 is 2.64 bits per heavy atom. The van der Waals surface area contributed by atoms with E-state index < -0.39 is 5.91 Å². The molecule has 0 bridgehead atoms. The summed E-state index contributed by atoms with van der Waals surface area (Å²) in [4.78, 5) is 14.9. The summed E-state index contributed by atoms with van der Waals surface area (Å²) < 4.78 is 11.0. The average molecular weight is 539 g/mol. The van der Waals surface area contributed by atoms with Crippen molar-refractivity contribution in [1.29, 1.82) is 5.26 Å². The van der Waals surface area contributed by atoms with Crippen LogP contribution in [-0.2, 0) is 14.3 Å². The first-order valence-corrected chi connectivity index (χ1v) is 12.9. The zero-order valence-electron chi connectivity index (χ0n) is 22.3. The topological polar surface area (TPSA) is 170 Å². The number of hydrogen-bond donors (Lipinski definition) is 5. The SMILES string of the molecule is CO.N#C/C(=C\c1ccc2cc(N3CCOCC3)ccc2c1)C(=O)NC/C(N)=C/N(N)CC1CC(O)CCO1. The molecular formula is C28H38N6O5. The van der Waals surface area contributed by atoms with Crippen molar-refractivity contribution in [2.45, 2.75) is 25.0 Å². The smallest absolute Gasteiger partial charge is 0.262 e. The van der Waals surface area contributed by atoms with Gasteiger partial charge in [0.2, 0.25) is 0 Å². The zero-order valence-corrected chi connectivity index (χ0v) is 22.3. The van der Waals surface area contributed by atoms with Crippen molar-refractivity contribution in [2.24, 2.45) is 11.6 Å². The second kappa shape index (κ2) is 15.1. The van der Waals surface area contributed by atoms with Gasteiger partial charge >= 0.3 is 0 Å². The fraction of sp³-hybridized carbons (Fsp3) is 0.429. The van der Waals surface area contributed by atoms with Crippen LogP contribution in [-0.4, -0.2) is 86.4 Å². The summed E-state index contributed by atoms with van der Waals surface area (Å²) in [6.45, 7) is 4.09. The fourth-order valence-electron chi connectivity index (χ4n) is 4.49. The third kappa shape index (κ3) is 8.95. The van der Waals surface area contributed by atoms with E-state index in [4.69, 9.17) is 26.2 Å². The number of rotatable bonds is 8. The van der Waals surface area contributed by atoms with E-state index in [1.54, 1.807) is 6.08 Å². The highest BCUT2D eigenvalue weighted by atomic mass is 16.5. The Labute approximate surface area is 228 Å². The Balaban J connectivity index is 0.00000205. The third-order valence-corrected chi connectivity index (χ3v) is 6.44. The molecule has 4 rings (SSSR count). The molecule has 2 aromatic rings. The molecule has 2 atom stereocenters. The maximum atomic E-state index is 12.6. The number of hydrogen-bond acceptors (Lipinski definition) is 10. The lowest BCUT2D eigenvalue weighted by Gasteiger charge is -2.29. The van der Waals surface area contributed by atoms with Crippen LogP contribution in [0.25, 0.3) is 16.8 Å². The van der Waals surface area contributed by atoms with E-state index in [2.05, 4.69) is 22.3 Å². The third-order valence-electron chi connectivity index (χ3n) is 6.44. The number of benzene rings is 2. The van der Waals surface area contributed by atoms with E-state index in [0.29, 0.717) is 31.7 Å². The molecule has 2 saturated heterocycles. The van der Waals surface area contributed by atoms with Gasteiger partial charge in [-0.25, -0.2) is 5.84 Å². The first-order valence-electron chi connectivity index (χ1n) is 12.9. The van der Waals surface area contributed by atoms with Crippen molar-refractivity contribution in [3.8, 4) is 6.07 Å². The number of carbonyl (C=O) groups excluding carboxylic acids is 1. The first kappa shape index (κ1) is 29.9. The standard InChI is InChI=1S/C27H34N6O4.CH4O/c28-15-22(27(35)31-16-23(29)17-33(30)18-26-14-25(34)5-8-37-26)12-19-1-2-21-13-24(4-3-20(21)11-19)32-6-9-36-10-7-32;1-2/h1-4,11-13,17,25-26,34H,5-10,14,16,18,29-30H2,(H,31,35);2H,1H3/b22-12+,23-17-;. The molecule has 39 heavy (non-hydrogen) atoms. The van der Waals surface area contributed by atoms with Gasteiger partial charge in [0, 0.05) is 50.8 Å². The van der Waals surface area contributed by atoms with E-state index in [0.717, 1.165) is 55.4 Å². The number of nitrogens with zero attached hydrogens (tertiary/aromatic N) is 3. The molecule has 0 aliphatic carbocycles. The number of fused-ring (bicyclic) bond motifs is 1. The molecular weight excluding hydrogens is 500 g/mol. The van der Waals surface area contributed by atoms with Crippen LogP contribution in [0.15, 0.2) is 53.9 Å². The fourth-order valence-corrected chi connectivity index (χ4v) is 4.49. The maximum absolute atomic E-state index is 12.6. The molecule has 0 saturated carbocycles. The molecule has 0 spiro atoms. The number of aliphatic hydroxyl groups is 2. The second-order valence-electron chi connectivity index (χ2n) is 9.31. The number of nitriles is 1. The van der Waals surface area contributed by atoms with Gasteiger partial charge in [0.05, 0.1) is 38.5 Å². The van der Waals surface area contributed by atoms with E-state index in [1.807, 2.05) is 30.3 Å². The zero-order chi connectivity index (χ0) is 28.2. The lowest BCUT2D eigenvalue weighted by Crippen LogP contribution is -2.41. The van der Waals surface area contributed by atoms with Crippen LogP contribution in [0.3, 0.4) is 0 Å². The van der Waals surface area contributed by atoms with Gasteiger partial charge in [0.15, 0.2) is 0 Å². The largest absolute Gasteiger partial charge is 0.400 e. The van der Waals surface area contributed by atoms with E-state index in [9.17, 15) is 15.2 Å². The minimum atomic E-state index is -0.524. The van der Waals surface area contributed by atoms with Gasteiger partial charge in [0.1, 0.15) is 11.6 Å². The predicted molar refractivity (Wildman–Crippen MR) is 150 cm³/mol. The van der Waals surface area contributed by atoms with Crippen molar-refractivity contribution in [3.05, 3.63) is 59.4 Å². The van der Waals surface area contributed by atoms with Crippen LogP contribution in [0.4, 0.5) is 5.69 Å². The Bertz CT molecular complexity index is 1200. The van der Waals surface area contributed by atoms with Crippen molar-refractivity contribution < 1.29 is 24.5 Å². The molecule has 2 aromatic carbocycles. The number of nitrogens with one attached hydrogen (secondary N) is 1. The number of aliphatic hydroxyl groups excluding tert-OH is 2. The Kier molecular flexibility index (Phi) is 11.5. The molecule has 1 amide bonds. The van der Waals surface area contributed by atoms with Gasteiger partial charge in [-0.2, -0.15) is 5.26 Å². The lowest BCUT2D eigenvalue weighted by atomic mass is 10.0. The van der Waals surface area contributed by atoms with Crippen LogP contribution in [0.5, 0.6) is 0 Å². The quantitative estimate of drug-likeness (QED) is 0.140. The first-order chi connectivity index (χ1) is 18.9. The summed E-state index contributed by atoms with van der Waals surface area (Å²) in [6, 6.07) is 14.1. The monoisotopic (exact) mass is 538 g/mol. The number of anilines is 1. The minimum Gasteiger partial charge on any atom is -0.400 e. The summed E-state index contributed by atoms with van der Waals surface area (Å²) in [5.41, 5.74) is 8.21. The highest BCUT2D eigenvalue weighted by Gasteiger charge is 2.21. The maximum Gasteiger partial charge on any atom is 0.262 e. The Morgan fingerprint density at radius 1 is 1.21 bits per heavy atom. The van der Waals surface area contributed by atoms with Crippen LogP contribution in [0, 0.1) is 11.3 Å².